The molecule has 1 fully saturated rings. The van der Waals surface area contributed by atoms with Crippen LogP contribution in [0.5, 0.6) is 0 Å². The first-order valence-electron chi connectivity index (χ1n) is 8.23. The minimum Gasteiger partial charge on any atom is -0.321 e. The number of carbonyl (C=O) groups is 3. The molecular weight excluding hydrogens is 334 g/mol. The zero-order valence-electron chi connectivity index (χ0n) is 15.2. The number of rotatable bonds is 4. The fourth-order valence-corrected chi connectivity index (χ4v) is 3.08. The molecule has 0 radical (unpaired) electrons. The quantitative estimate of drug-likeness (QED) is 0.811. The van der Waals surface area contributed by atoms with Crippen LogP contribution in [0.1, 0.15) is 23.9 Å². The summed E-state index contributed by atoms with van der Waals surface area (Å²) in [6, 6.07) is 8.37. The first-order valence-corrected chi connectivity index (χ1v) is 8.23. The molecule has 4 amide bonds. The number of aryl methyl sites for hydroxylation is 2. The second-order valence-electron chi connectivity index (χ2n) is 6.53. The fraction of sp³-hybridized carbons (Fsp3) is 0.333. The largest absolute Gasteiger partial charge is 0.325 e. The maximum atomic E-state index is 12.8. The van der Waals surface area contributed by atoms with Gasteiger partial charge in [0, 0.05) is 7.05 Å². The number of imide groups is 1. The number of benzene rings is 1. The average Bonchev–Trinajstić information content (AvgIpc) is 2.97. The van der Waals surface area contributed by atoms with Crippen molar-refractivity contribution in [3.8, 4) is 0 Å². The number of carbonyl (C=O) groups excluding carboxylic acids is 3. The molecule has 1 aliphatic heterocycles. The summed E-state index contributed by atoms with van der Waals surface area (Å²) >= 11 is 0. The number of nitrogens with zero attached hydrogens (tertiary/aromatic N) is 3. The molecule has 1 atom stereocenters. The van der Waals surface area contributed by atoms with Crippen LogP contribution in [0.3, 0.4) is 0 Å². The van der Waals surface area contributed by atoms with E-state index in [1.165, 1.54) is 0 Å². The molecule has 1 aromatic carbocycles. The number of hydrogen-bond acceptors (Lipinski definition) is 4. The smallest absolute Gasteiger partial charge is 0.321 e. The van der Waals surface area contributed by atoms with Crippen LogP contribution in [-0.4, -0.2) is 39.1 Å². The van der Waals surface area contributed by atoms with Gasteiger partial charge in [0.2, 0.25) is 5.91 Å². The van der Waals surface area contributed by atoms with Gasteiger partial charge in [0.15, 0.2) is 0 Å². The standard InChI is InChI=1S/C18H21N5O3/c1-11-15(12(2)22(4)21-11)19-14(24)10-23-16(25)18(3,20-17(23)26)13-8-6-5-7-9-13/h5-9H,10H2,1-4H3,(H,19,24)(H,20,26)/t18-/m1/s1. The van der Waals surface area contributed by atoms with Crippen molar-refractivity contribution in [2.24, 2.45) is 7.05 Å². The molecule has 0 spiro atoms. The predicted molar refractivity (Wildman–Crippen MR) is 95.4 cm³/mol. The molecule has 1 aliphatic rings. The molecular formula is C18H21N5O3. The van der Waals surface area contributed by atoms with Gasteiger partial charge in [-0.25, -0.2) is 4.79 Å². The zero-order chi connectivity index (χ0) is 19.1. The fourth-order valence-electron chi connectivity index (χ4n) is 3.08. The van der Waals surface area contributed by atoms with Crippen molar-refractivity contribution < 1.29 is 14.4 Å². The van der Waals surface area contributed by atoms with Crippen LogP contribution in [-0.2, 0) is 22.2 Å². The highest BCUT2D eigenvalue weighted by atomic mass is 16.2. The van der Waals surface area contributed by atoms with Crippen molar-refractivity contribution in [1.82, 2.24) is 20.0 Å². The van der Waals surface area contributed by atoms with Crippen LogP contribution in [0.2, 0.25) is 0 Å². The molecule has 0 saturated carbocycles. The van der Waals surface area contributed by atoms with E-state index in [9.17, 15) is 14.4 Å². The summed E-state index contributed by atoms with van der Waals surface area (Å²) in [7, 11) is 1.78. The van der Waals surface area contributed by atoms with Crippen LogP contribution < -0.4 is 10.6 Å². The van der Waals surface area contributed by atoms with Crippen molar-refractivity contribution in [2.75, 3.05) is 11.9 Å². The highest BCUT2D eigenvalue weighted by Crippen LogP contribution is 2.28. The zero-order valence-corrected chi connectivity index (χ0v) is 15.2. The molecule has 8 nitrogen and oxygen atoms in total. The van der Waals surface area contributed by atoms with E-state index >= 15 is 0 Å². The molecule has 1 saturated heterocycles. The average molecular weight is 355 g/mol. The summed E-state index contributed by atoms with van der Waals surface area (Å²) in [6.07, 6.45) is 0. The number of anilines is 1. The second-order valence-corrected chi connectivity index (χ2v) is 6.53. The van der Waals surface area contributed by atoms with Gasteiger partial charge in [-0.1, -0.05) is 30.3 Å². The van der Waals surface area contributed by atoms with Gasteiger partial charge in [-0.3, -0.25) is 19.2 Å². The van der Waals surface area contributed by atoms with Gasteiger partial charge >= 0.3 is 6.03 Å². The van der Waals surface area contributed by atoms with Gasteiger partial charge in [0.1, 0.15) is 12.1 Å². The Labute approximate surface area is 151 Å². The van der Waals surface area contributed by atoms with Crippen LogP contribution in [0.25, 0.3) is 0 Å². The van der Waals surface area contributed by atoms with E-state index in [0.717, 1.165) is 10.6 Å². The van der Waals surface area contributed by atoms with E-state index in [-0.39, 0.29) is 6.54 Å². The number of nitrogens with one attached hydrogen (secondary N) is 2. The van der Waals surface area contributed by atoms with Gasteiger partial charge in [-0.2, -0.15) is 5.10 Å². The Morgan fingerprint density at radius 2 is 1.88 bits per heavy atom. The van der Waals surface area contributed by atoms with Crippen molar-refractivity contribution >= 4 is 23.5 Å². The van der Waals surface area contributed by atoms with E-state index in [0.29, 0.717) is 16.9 Å². The summed E-state index contributed by atoms with van der Waals surface area (Å²) in [5.74, 6) is -0.909. The number of hydrogen-bond donors (Lipinski definition) is 2. The Balaban J connectivity index is 1.77. The van der Waals surface area contributed by atoms with Crippen molar-refractivity contribution in [1.29, 1.82) is 0 Å². The SMILES string of the molecule is Cc1nn(C)c(C)c1NC(=O)CN1C(=O)N[C@](C)(c2ccccc2)C1=O. The molecule has 2 aromatic rings. The highest BCUT2D eigenvalue weighted by Gasteiger charge is 2.49. The van der Waals surface area contributed by atoms with E-state index in [2.05, 4.69) is 15.7 Å². The summed E-state index contributed by atoms with van der Waals surface area (Å²) < 4.78 is 1.66. The predicted octanol–water partition coefficient (Wildman–Crippen LogP) is 1.44. The van der Waals surface area contributed by atoms with Gasteiger partial charge in [-0.15, -0.1) is 0 Å². The third-order valence-corrected chi connectivity index (χ3v) is 4.70. The van der Waals surface area contributed by atoms with Crippen LogP contribution >= 0.6 is 0 Å². The van der Waals surface area contributed by atoms with E-state index in [1.54, 1.807) is 49.8 Å². The number of amides is 4. The lowest BCUT2D eigenvalue weighted by Crippen LogP contribution is -2.42. The molecule has 1 aromatic heterocycles. The molecule has 2 heterocycles. The van der Waals surface area contributed by atoms with Crippen molar-refractivity contribution in [3.63, 3.8) is 0 Å². The lowest BCUT2D eigenvalue weighted by atomic mass is 9.92. The number of urea groups is 1. The topological polar surface area (TPSA) is 96.3 Å². The normalized spacial score (nSPS) is 19.6. The first kappa shape index (κ1) is 17.7. The summed E-state index contributed by atoms with van der Waals surface area (Å²) in [5, 5.41) is 9.65. The van der Waals surface area contributed by atoms with Gasteiger partial charge in [0.05, 0.1) is 17.1 Å². The summed E-state index contributed by atoms with van der Waals surface area (Å²) in [6.45, 7) is 4.88. The van der Waals surface area contributed by atoms with Crippen LogP contribution in [0.4, 0.5) is 10.5 Å². The number of aromatic nitrogens is 2. The first-order chi connectivity index (χ1) is 12.2. The molecule has 8 heteroatoms. The highest BCUT2D eigenvalue weighted by molar-refractivity contribution is 6.10. The van der Waals surface area contributed by atoms with E-state index in [4.69, 9.17) is 0 Å². The molecule has 0 aliphatic carbocycles. The Hall–Kier alpha value is -3.16. The van der Waals surface area contributed by atoms with Crippen LogP contribution in [0, 0.1) is 13.8 Å². The summed E-state index contributed by atoms with van der Waals surface area (Å²) in [4.78, 5) is 38.4. The van der Waals surface area contributed by atoms with Crippen molar-refractivity contribution in [3.05, 3.63) is 47.3 Å². The third kappa shape index (κ3) is 2.83. The Bertz CT molecular complexity index is 890. The maximum Gasteiger partial charge on any atom is 0.325 e. The third-order valence-electron chi connectivity index (χ3n) is 4.70. The van der Waals surface area contributed by atoms with Gasteiger partial charge in [0.25, 0.3) is 5.91 Å². The van der Waals surface area contributed by atoms with Crippen LogP contribution in [0.15, 0.2) is 30.3 Å². The maximum absolute atomic E-state index is 12.8. The molecule has 26 heavy (non-hydrogen) atoms. The lowest BCUT2D eigenvalue weighted by molar-refractivity contribution is -0.133. The van der Waals surface area contributed by atoms with E-state index < -0.39 is 23.4 Å². The monoisotopic (exact) mass is 355 g/mol. The minimum absolute atomic E-state index is 0.360. The Morgan fingerprint density at radius 3 is 2.46 bits per heavy atom. The van der Waals surface area contributed by atoms with Crippen molar-refractivity contribution in [2.45, 2.75) is 26.3 Å². The van der Waals surface area contributed by atoms with E-state index in [1.807, 2.05) is 13.0 Å². The molecule has 0 bridgehead atoms. The summed E-state index contributed by atoms with van der Waals surface area (Å²) in [5.41, 5.74) is 1.54. The van der Waals surface area contributed by atoms with Gasteiger partial charge < -0.3 is 10.6 Å². The molecule has 136 valence electrons. The molecule has 2 N–H and O–H groups in total. The second kappa shape index (κ2) is 6.29. The molecule has 3 rings (SSSR count). The van der Waals surface area contributed by atoms with Gasteiger partial charge in [-0.05, 0) is 26.3 Å². The Kier molecular flexibility index (Phi) is 4.27. The Morgan fingerprint density at radius 1 is 1.23 bits per heavy atom. The minimum atomic E-state index is -1.18. The lowest BCUT2D eigenvalue weighted by Gasteiger charge is -2.22. The molecule has 0 unspecified atom stereocenters.